The molecule has 0 saturated heterocycles. The van der Waals surface area contributed by atoms with Gasteiger partial charge < -0.3 is 5.32 Å². The van der Waals surface area contributed by atoms with Gasteiger partial charge in [-0.3, -0.25) is 5.32 Å². The van der Waals surface area contributed by atoms with Gasteiger partial charge in [-0.2, -0.15) is 21.1 Å². The van der Waals surface area contributed by atoms with Crippen molar-refractivity contribution in [1.82, 2.24) is 14.7 Å². The van der Waals surface area contributed by atoms with Gasteiger partial charge in [-0.05, 0) is 25.5 Å². The van der Waals surface area contributed by atoms with Gasteiger partial charge in [0.05, 0.1) is 0 Å². The van der Waals surface area contributed by atoms with Crippen molar-refractivity contribution in [2.45, 2.75) is 30.6 Å². The molecular weight excluding hydrogens is 316 g/mol. The number of benzene rings is 1. The first kappa shape index (κ1) is 15.3. The Kier molecular flexibility index (Phi) is 4.94. The Morgan fingerprint density at radius 3 is 2.86 bits per heavy atom. The fourth-order valence-electron chi connectivity index (χ4n) is 2.58. The third-order valence-corrected chi connectivity index (χ3v) is 5.46. The molecule has 1 aromatic heterocycles. The molecule has 1 aromatic carbocycles. The van der Waals surface area contributed by atoms with Crippen LogP contribution in [-0.2, 0) is 0 Å². The molecule has 7 heteroatoms. The Morgan fingerprint density at radius 1 is 1.32 bits per heavy atom. The quantitative estimate of drug-likeness (QED) is 0.896. The zero-order valence-electron chi connectivity index (χ0n) is 12.3. The third-order valence-electron chi connectivity index (χ3n) is 3.73. The zero-order chi connectivity index (χ0) is 15.4. The van der Waals surface area contributed by atoms with Crippen LogP contribution in [0.1, 0.15) is 19.3 Å². The molecule has 2 aromatic rings. The van der Waals surface area contributed by atoms with Crippen molar-refractivity contribution in [3.05, 3.63) is 30.3 Å². The van der Waals surface area contributed by atoms with E-state index in [-0.39, 0.29) is 12.1 Å². The van der Waals surface area contributed by atoms with Crippen molar-refractivity contribution in [2.24, 2.45) is 0 Å². The lowest BCUT2D eigenvalue weighted by atomic mass is 10.2. The number of thioether (sulfide) groups is 1. The number of hydrogen-bond acceptors (Lipinski definition) is 5. The molecule has 0 bridgehead atoms. The average Bonchev–Trinajstić information content (AvgIpc) is 3.17. The second-order valence-corrected chi connectivity index (χ2v) is 7.15. The van der Waals surface area contributed by atoms with Crippen LogP contribution >= 0.6 is 23.3 Å². The Hall–Kier alpha value is -1.60. The Morgan fingerprint density at radius 2 is 2.14 bits per heavy atom. The van der Waals surface area contributed by atoms with Crippen LogP contribution in [0.3, 0.4) is 0 Å². The minimum atomic E-state index is -0.192. The number of nitrogens with one attached hydrogen (secondary N) is 2. The fourth-order valence-corrected chi connectivity index (χ4v) is 3.96. The lowest BCUT2D eigenvalue weighted by Gasteiger charge is -2.12. The van der Waals surface area contributed by atoms with E-state index in [1.807, 2.05) is 42.1 Å². The number of anilines is 1. The van der Waals surface area contributed by atoms with Gasteiger partial charge in [-0.15, -0.1) is 0 Å². The second-order valence-electron chi connectivity index (χ2n) is 5.26. The summed E-state index contributed by atoms with van der Waals surface area (Å²) in [5, 5.41) is 6.98. The van der Waals surface area contributed by atoms with E-state index in [0.717, 1.165) is 18.4 Å². The van der Waals surface area contributed by atoms with Crippen molar-refractivity contribution in [3.63, 3.8) is 0 Å². The van der Waals surface area contributed by atoms with Crippen LogP contribution in [0.2, 0.25) is 0 Å². The van der Waals surface area contributed by atoms with Gasteiger partial charge in [0.15, 0.2) is 5.82 Å². The predicted octanol–water partition coefficient (Wildman–Crippen LogP) is 3.61. The molecule has 1 heterocycles. The van der Waals surface area contributed by atoms with Crippen molar-refractivity contribution >= 4 is 34.5 Å². The minimum absolute atomic E-state index is 0.192. The van der Waals surface area contributed by atoms with E-state index in [1.165, 1.54) is 18.0 Å². The topological polar surface area (TPSA) is 66.9 Å². The number of nitrogens with zero attached hydrogens (tertiary/aromatic N) is 2. The first-order valence-corrected chi connectivity index (χ1v) is 9.30. The van der Waals surface area contributed by atoms with Gasteiger partial charge in [0.25, 0.3) is 0 Å². The number of rotatable bonds is 4. The molecule has 1 aliphatic rings. The lowest BCUT2D eigenvalue weighted by molar-refractivity contribution is 0.248. The first-order chi connectivity index (χ1) is 10.7. The molecule has 1 aliphatic carbocycles. The van der Waals surface area contributed by atoms with E-state index in [1.54, 1.807) is 0 Å². The largest absolute Gasteiger partial charge is 0.335 e. The number of carbonyl (C=O) groups is 1. The van der Waals surface area contributed by atoms with Gasteiger partial charge in [-0.1, -0.05) is 30.3 Å². The normalized spacial score (nSPS) is 20.8. The molecule has 2 atom stereocenters. The SMILES string of the molecule is CS[C@@H]1CC[C@@H](NC(=O)Nc2nc(-c3ccccc3)ns2)C1. The zero-order valence-corrected chi connectivity index (χ0v) is 13.9. The molecule has 22 heavy (non-hydrogen) atoms. The van der Waals surface area contributed by atoms with Gasteiger partial charge in [0.2, 0.25) is 5.13 Å². The van der Waals surface area contributed by atoms with Crippen molar-refractivity contribution in [2.75, 3.05) is 11.6 Å². The molecule has 0 radical (unpaired) electrons. The third kappa shape index (κ3) is 3.78. The smallest absolute Gasteiger partial charge is 0.321 e. The van der Waals surface area contributed by atoms with Crippen molar-refractivity contribution in [1.29, 1.82) is 0 Å². The minimum Gasteiger partial charge on any atom is -0.335 e. The second kappa shape index (κ2) is 7.11. The lowest BCUT2D eigenvalue weighted by Crippen LogP contribution is -2.36. The summed E-state index contributed by atoms with van der Waals surface area (Å²) in [7, 11) is 0. The molecular formula is C15H18N4OS2. The van der Waals surface area contributed by atoms with Crippen LogP contribution in [0.25, 0.3) is 11.4 Å². The van der Waals surface area contributed by atoms with Gasteiger partial charge >= 0.3 is 6.03 Å². The van der Waals surface area contributed by atoms with Gasteiger partial charge in [-0.25, -0.2) is 4.79 Å². The first-order valence-electron chi connectivity index (χ1n) is 7.24. The highest BCUT2D eigenvalue weighted by Crippen LogP contribution is 2.28. The summed E-state index contributed by atoms with van der Waals surface area (Å²) in [5.41, 5.74) is 0.950. The fraction of sp³-hybridized carbons (Fsp3) is 0.400. The van der Waals surface area contributed by atoms with Crippen molar-refractivity contribution < 1.29 is 4.79 Å². The summed E-state index contributed by atoms with van der Waals surface area (Å²) in [6.07, 6.45) is 5.38. The molecule has 2 amide bonds. The van der Waals surface area contributed by atoms with Crippen LogP contribution in [0.5, 0.6) is 0 Å². The molecule has 1 saturated carbocycles. The van der Waals surface area contributed by atoms with Crippen molar-refractivity contribution in [3.8, 4) is 11.4 Å². The number of carbonyl (C=O) groups excluding carboxylic acids is 1. The van der Waals surface area contributed by atoms with E-state index in [2.05, 4.69) is 26.2 Å². The highest BCUT2D eigenvalue weighted by molar-refractivity contribution is 7.99. The number of hydrogen-bond donors (Lipinski definition) is 2. The van der Waals surface area contributed by atoms with E-state index in [4.69, 9.17) is 0 Å². The monoisotopic (exact) mass is 334 g/mol. The number of urea groups is 1. The molecule has 0 aliphatic heterocycles. The summed E-state index contributed by atoms with van der Waals surface area (Å²) < 4.78 is 4.28. The van der Waals surface area contributed by atoms with E-state index < -0.39 is 0 Å². The molecule has 2 N–H and O–H groups in total. The van der Waals surface area contributed by atoms with Crippen LogP contribution in [0.15, 0.2) is 30.3 Å². The Labute approximate surface area is 138 Å². The summed E-state index contributed by atoms with van der Waals surface area (Å²) in [5.74, 6) is 0.643. The maximum absolute atomic E-state index is 12.0. The van der Waals surface area contributed by atoms with E-state index in [0.29, 0.717) is 16.2 Å². The molecule has 0 spiro atoms. The molecule has 5 nitrogen and oxygen atoms in total. The molecule has 116 valence electrons. The van der Waals surface area contributed by atoms with Gasteiger partial charge in [0, 0.05) is 28.4 Å². The predicted molar refractivity (Wildman–Crippen MR) is 92.4 cm³/mol. The molecule has 1 fully saturated rings. The molecule has 3 rings (SSSR count). The maximum Gasteiger partial charge on any atom is 0.321 e. The maximum atomic E-state index is 12.0. The van der Waals surface area contributed by atoms with E-state index in [9.17, 15) is 4.79 Å². The highest BCUT2D eigenvalue weighted by atomic mass is 32.2. The molecule has 0 unspecified atom stereocenters. The summed E-state index contributed by atoms with van der Waals surface area (Å²) in [4.78, 5) is 16.4. The Balaban J connectivity index is 1.55. The number of aromatic nitrogens is 2. The van der Waals surface area contributed by atoms with Crippen LogP contribution < -0.4 is 10.6 Å². The number of amides is 2. The van der Waals surface area contributed by atoms with Gasteiger partial charge in [0.1, 0.15) is 0 Å². The Bertz CT molecular complexity index is 631. The summed E-state index contributed by atoms with van der Waals surface area (Å²) in [6.45, 7) is 0. The van der Waals surface area contributed by atoms with Crippen LogP contribution in [0, 0.1) is 0 Å². The van der Waals surface area contributed by atoms with Crippen LogP contribution in [0.4, 0.5) is 9.93 Å². The summed E-state index contributed by atoms with van der Waals surface area (Å²) >= 11 is 3.07. The van der Waals surface area contributed by atoms with Crippen LogP contribution in [-0.4, -0.2) is 32.9 Å². The standard InChI is InChI=1S/C15H18N4OS2/c1-21-12-8-7-11(9-12)16-14(20)18-15-17-13(19-22-15)10-5-3-2-4-6-10/h2-6,11-12H,7-9H2,1H3,(H2,16,17,18,19,20)/t11-,12-/m1/s1. The van der Waals surface area contributed by atoms with E-state index >= 15 is 0 Å². The summed E-state index contributed by atoms with van der Waals surface area (Å²) in [6, 6.07) is 9.81. The average molecular weight is 334 g/mol. The highest BCUT2D eigenvalue weighted by Gasteiger charge is 2.25.